The first-order chi connectivity index (χ1) is 4.86. The maximum atomic E-state index is 3.89. The van der Waals surface area contributed by atoms with Crippen LogP contribution in [-0.4, -0.2) is 9.59 Å². The molecule has 1 heterocycles. The largest absolute Gasteiger partial charge is 0.138 e. The Morgan fingerprint density at radius 1 is 1.60 bits per heavy atom. The smallest absolute Gasteiger partial charge is 0.107 e. The van der Waals surface area contributed by atoms with Crippen molar-refractivity contribution in [2.45, 2.75) is 0 Å². The fourth-order valence-electron chi connectivity index (χ4n) is 0.699. The minimum atomic E-state index is 0.902. The Labute approximate surface area is 70.2 Å². The van der Waals surface area contributed by atoms with Crippen molar-refractivity contribution in [3.8, 4) is 0 Å². The first-order valence-corrected chi connectivity index (χ1v) is 4.22. The summed E-state index contributed by atoms with van der Waals surface area (Å²) in [7, 11) is 0. The number of halogens is 1. The summed E-state index contributed by atoms with van der Waals surface area (Å²) in [6.07, 6.45) is 0. The number of fused-ring (bicyclic) bond motifs is 1. The van der Waals surface area contributed by atoms with E-state index >= 15 is 0 Å². The lowest BCUT2D eigenvalue weighted by Crippen LogP contribution is -1.67. The Bertz CT molecular complexity index is 357. The average molecular weight is 214 g/mol. The molecule has 0 aliphatic rings. The average Bonchev–Trinajstić information content (AvgIpc) is 2.33. The Hall–Kier alpha value is -0.480. The quantitative estimate of drug-likeness (QED) is 0.672. The van der Waals surface area contributed by atoms with Gasteiger partial charge in [0.1, 0.15) is 5.52 Å². The highest BCUT2D eigenvalue weighted by molar-refractivity contribution is 9.10. The standard InChI is InChI=1S/C6H2BrN2S/c7-4-1-2-6-5(3-4)8-9-10-6/h1,3H. The molecule has 0 fully saturated rings. The molecule has 0 spiro atoms. The molecule has 2 rings (SSSR count). The third-order valence-corrected chi connectivity index (χ3v) is 2.26. The number of aromatic nitrogens is 2. The number of rotatable bonds is 0. The van der Waals surface area contributed by atoms with Gasteiger partial charge in [-0.05, 0) is 23.7 Å². The Morgan fingerprint density at radius 3 is 3.40 bits per heavy atom. The molecule has 0 N–H and O–H groups in total. The van der Waals surface area contributed by atoms with Gasteiger partial charge in [0.15, 0.2) is 0 Å². The summed E-state index contributed by atoms with van der Waals surface area (Å²) in [6.45, 7) is 0. The van der Waals surface area contributed by atoms with E-state index in [4.69, 9.17) is 0 Å². The van der Waals surface area contributed by atoms with Gasteiger partial charge in [-0.3, -0.25) is 0 Å². The van der Waals surface area contributed by atoms with Gasteiger partial charge in [0.25, 0.3) is 0 Å². The van der Waals surface area contributed by atoms with E-state index in [1.165, 1.54) is 11.5 Å². The second kappa shape index (κ2) is 2.29. The van der Waals surface area contributed by atoms with Crippen LogP contribution in [0.5, 0.6) is 0 Å². The minimum Gasteiger partial charge on any atom is -0.138 e. The number of benzene rings is 1. The molecule has 0 saturated carbocycles. The van der Waals surface area contributed by atoms with Crippen molar-refractivity contribution < 1.29 is 0 Å². The van der Waals surface area contributed by atoms with Crippen molar-refractivity contribution >= 4 is 37.7 Å². The summed E-state index contributed by atoms with van der Waals surface area (Å²) in [5.41, 5.74) is 0.902. The van der Waals surface area contributed by atoms with E-state index in [1.807, 2.05) is 12.1 Å². The summed E-state index contributed by atoms with van der Waals surface area (Å²) in [6, 6.07) is 6.83. The van der Waals surface area contributed by atoms with Crippen LogP contribution in [0, 0.1) is 6.07 Å². The van der Waals surface area contributed by atoms with Gasteiger partial charge in [0, 0.05) is 10.5 Å². The van der Waals surface area contributed by atoms with Crippen molar-refractivity contribution in [2.75, 3.05) is 0 Å². The van der Waals surface area contributed by atoms with Gasteiger partial charge in [-0.2, -0.15) is 0 Å². The molecule has 0 atom stereocenters. The highest BCUT2D eigenvalue weighted by Gasteiger charge is 1.96. The van der Waals surface area contributed by atoms with Crippen LogP contribution in [-0.2, 0) is 0 Å². The molecule has 0 saturated heterocycles. The van der Waals surface area contributed by atoms with Crippen LogP contribution >= 0.6 is 27.5 Å². The van der Waals surface area contributed by atoms with Gasteiger partial charge in [-0.15, -0.1) is 5.10 Å². The second-order valence-corrected chi connectivity index (χ2v) is 3.47. The number of nitrogens with zero attached hydrogens (tertiary/aromatic N) is 2. The van der Waals surface area contributed by atoms with Gasteiger partial charge in [0.05, 0.1) is 4.70 Å². The van der Waals surface area contributed by atoms with Crippen molar-refractivity contribution in [2.24, 2.45) is 0 Å². The molecule has 1 radical (unpaired) electrons. The molecule has 0 unspecified atom stereocenters. The molecule has 49 valence electrons. The summed E-state index contributed by atoms with van der Waals surface area (Å²) < 4.78 is 5.78. The molecule has 1 aromatic carbocycles. The molecule has 4 heteroatoms. The maximum absolute atomic E-state index is 3.89. The topological polar surface area (TPSA) is 25.8 Å². The molecule has 1 aromatic heterocycles. The lowest BCUT2D eigenvalue weighted by molar-refractivity contribution is 1.20. The van der Waals surface area contributed by atoms with Gasteiger partial charge in [-0.1, -0.05) is 20.4 Å². The van der Waals surface area contributed by atoms with E-state index in [0.29, 0.717) is 0 Å². The molecule has 0 aliphatic carbocycles. The Kier molecular flexibility index (Phi) is 1.43. The molecule has 0 bridgehead atoms. The number of hydrogen-bond donors (Lipinski definition) is 0. The first kappa shape index (κ1) is 6.24. The van der Waals surface area contributed by atoms with Crippen LogP contribution in [0.15, 0.2) is 16.6 Å². The first-order valence-electron chi connectivity index (χ1n) is 2.65. The zero-order valence-electron chi connectivity index (χ0n) is 4.84. The van der Waals surface area contributed by atoms with E-state index < -0.39 is 0 Å². The maximum Gasteiger partial charge on any atom is 0.107 e. The van der Waals surface area contributed by atoms with Crippen LogP contribution in [0.25, 0.3) is 10.2 Å². The van der Waals surface area contributed by atoms with Crippen LogP contribution < -0.4 is 0 Å². The Morgan fingerprint density at radius 2 is 2.50 bits per heavy atom. The molecule has 0 amide bonds. The van der Waals surface area contributed by atoms with E-state index in [0.717, 1.165) is 14.7 Å². The lowest BCUT2D eigenvalue weighted by Gasteiger charge is -1.84. The van der Waals surface area contributed by atoms with E-state index in [1.54, 1.807) is 0 Å². The predicted molar refractivity (Wildman–Crippen MR) is 44.0 cm³/mol. The van der Waals surface area contributed by atoms with E-state index in [-0.39, 0.29) is 0 Å². The van der Waals surface area contributed by atoms with E-state index in [9.17, 15) is 0 Å². The molecule has 10 heavy (non-hydrogen) atoms. The molecule has 0 aliphatic heterocycles. The fraction of sp³-hybridized carbons (Fsp3) is 0. The second-order valence-electron chi connectivity index (χ2n) is 1.81. The highest BCUT2D eigenvalue weighted by atomic mass is 79.9. The van der Waals surface area contributed by atoms with Crippen LogP contribution in [0.2, 0.25) is 0 Å². The molecular weight excluding hydrogens is 212 g/mol. The lowest BCUT2D eigenvalue weighted by atomic mass is 10.3. The summed E-state index contributed by atoms with van der Waals surface area (Å²) in [5.74, 6) is 0. The van der Waals surface area contributed by atoms with Crippen LogP contribution in [0.4, 0.5) is 0 Å². The van der Waals surface area contributed by atoms with Crippen molar-refractivity contribution in [1.82, 2.24) is 9.59 Å². The number of hydrogen-bond acceptors (Lipinski definition) is 3. The summed E-state index contributed by atoms with van der Waals surface area (Å²) in [4.78, 5) is 0. The molecular formula is C6H2BrN2S. The van der Waals surface area contributed by atoms with Crippen LogP contribution in [0.1, 0.15) is 0 Å². The zero-order chi connectivity index (χ0) is 6.97. The van der Waals surface area contributed by atoms with E-state index in [2.05, 4.69) is 31.6 Å². The van der Waals surface area contributed by atoms with Crippen molar-refractivity contribution in [1.29, 1.82) is 0 Å². The Balaban J connectivity index is 2.86. The van der Waals surface area contributed by atoms with Crippen LogP contribution in [0.3, 0.4) is 0 Å². The third kappa shape index (κ3) is 0.932. The highest BCUT2D eigenvalue weighted by Crippen LogP contribution is 2.18. The molecule has 2 aromatic rings. The van der Waals surface area contributed by atoms with Gasteiger partial charge in [0.2, 0.25) is 0 Å². The summed E-state index contributed by atoms with van der Waals surface area (Å²) in [5, 5.41) is 3.89. The zero-order valence-corrected chi connectivity index (χ0v) is 7.24. The van der Waals surface area contributed by atoms with Gasteiger partial charge < -0.3 is 0 Å². The minimum absolute atomic E-state index is 0.902. The fourth-order valence-corrected chi connectivity index (χ4v) is 1.55. The van der Waals surface area contributed by atoms with Crippen molar-refractivity contribution in [3.05, 3.63) is 22.7 Å². The van der Waals surface area contributed by atoms with Gasteiger partial charge in [-0.25, -0.2) is 0 Å². The normalized spacial score (nSPS) is 10.5. The summed E-state index contributed by atoms with van der Waals surface area (Å²) >= 11 is 4.68. The predicted octanol–water partition coefficient (Wildman–Crippen LogP) is 2.25. The third-order valence-electron chi connectivity index (χ3n) is 1.13. The van der Waals surface area contributed by atoms with Crippen molar-refractivity contribution in [3.63, 3.8) is 0 Å². The van der Waals surface area contributed by atoms with Gasteiger partial charge >= 0.3 is 0 Å². The monoisotopic (exact) mass is 213 g/mol. The molecule has 2 nitrogen and oxygen atoms in total. The SMILES string of the molecule is Brc1c[c]c2snnc2c1.